The van der Waals surface area contributed by atoms with Crippen molar-refractivity contribution in [3.05, 3.63) is 47.2 Å². The van der Waals surface area contributed by atoms with Crippen LogP contribution in [0, 0.1) is 6.92 Å². The van der Waals surface area contributed by atoms with Crippen molar-refractivity contribution in [1.82, 2.24) is 4.90 Å². The highest BCUT2D eigenvalue weighted by molar-refractivity contribution is 5.84. The third-order valence-corrected chi connectivity index (χ3v) is 4.16. The first-order valence-electron chi connectivity index (χ1n) is 7.13. The second-order valence-electron chi connectivity index (χ2n) is 5.30. The molecule has 0 fully saturated rings. The number of carbonyl (C=O) groups excluding carboxylic acids is 1. The van der Waals surface area contributed by atoms with Crippen LogP contribution in [0.25, 0.3) is 0 Å². The molecule has 2 nitrogen and oxygen atoms in total. The summed E-state index contributed by atoms with van der Waals surface area (Å²) in [6.45, 7) is 11.0. The van der Waals surface area contributed by atoms with Crippen LogP contribution >= 0.6 is 0 Å². The molecular formula is C17H23NO. The van der Waals surface area contributed by atoms with E-state index < -0.39 is 0 Å². The Morgan fingerprint density at radius 3 is 2.74 bits per heavy atom. The molecule has 2 rings (SSSR count). The van der Waals surface area contributed by atoms with E-state index in [0.29, 0.717) is 12.2 Å². The maximum atomic E-state index is 12.1. The van der Waals surface area contributed by atoms with Crippen molar-refractivity contribution < 1.29 is 4.79 Å². The lowest BCUT2D eigenvalue weighted by atomic mass is 9.88. The molecule has 1 aromatic carbocycles. The fraction of sp³-hybridized carbons (Fsp3) is 0.471. The minimum Gasteiger partial charge on any atom is -0.363 e. The zero-order valence-corrected chi connectivity index (χ0v) is 12.2. The number of rotatable bonds is 4. The molecule has 2 heteroatoms. The maximum absolute atomic E-state index is 12.1. The molecule has 0 saturated carbocycles. The van der Waals surface area contributed by atoms with Crippen LogP contribution in [0.5, 0.6) is 0 Å². The number of aryl methyl sites for hydroxylation is 2. The van der Waals surface area contributed by atoms with Crippen molar-refractivity contribution in [1.29, 1.82) is 0 Å². The van der Waals surface area contributed by atoms with Crippen LogP contribution in [-0.2, 0) is 24.2 Å². The van der Waals surface area contributed by atoms with E-state index in [0.717, 1.165) is 19.4 Å². The number of benzene rings is 1. The quantitative estimate of drug-likeness (QED) is 0.824. The minimum atomic E-state index is -0.0260. The van der Waals surface area contributed by atoms with E-state index in [4.69, 9.17) is 0 Å². The molecular weight excluding hydrogens is 234 g/mol. The Bertz CT molecular complexity index is 504. The first-order chi connectivity index (χ1) is 9.10. The minimum absolute atomic E-state index is 0.0260. The Balaban J connectivity index is 2.38. The van der Waals surface area contributed by atoms with Crippen LogP contribution in [0.3, 0.4) is 0 Å². The Kier molecular flexibility index (Phi) is 4.08. The van der Waals surface area contributed by atoms with Gasteiger partial charge >= 0.3 is 0 Å². The van der Waals surface area contributed by atoms with Crippen molar-refractivity contribution in [2.45, 2.75) is 52.6 Å². The van der Waals surface area contributed by atoms with Crippen LogP contribution in [0.15, 0.2) is 24.9 Å². The second kappa shape index (κ2) is 5.60. The van der Waals surface area contributed by atoms with Crippen LogP contribution in [0.2, 0.25) is 0 Å². The lowest BCUT2D eigenvalue weighted by Gasteiger charge is -2.35. The van der Waals surface area contributed by atoms with Gasteiger partial charge in [0.2, 0.25) is 0 Å². The average Bonchev–Trinajstić information content (AvgIpc) is 2.44. The van der Waals surface area contributed by atoms with E-state index in [9.17, 15) is 4.79 Å². The Morgan fingerprint density at radius 1 is 1.42 bits per heavy atom. The fourth-order valence-corrected chi connectivity index (χ4v) is 2.94. The van der Waals surface area contributed by atoms with Gasteiger partial charge in [0.05, 0.1) is 6.04 Å². The monoisotopic (exact) mass is 257 g/mol. The van der Waals surface area contributed by atoms with E-state index in [2.05, 4.69) is 37.5 Å². The normalized spacial score (nSPS) is 18.1. The van der Waals surface area contributed by atoms with Crippen molar-refractivity contribution in [3.8, 4) is 0 Å². The summed E-state index contributed by atoms with van der Waals surface area (Å²) in [5, 5.41) is 0. The molecule has 0 radical (unpaired) electrons. The van der Waals surface area contributed by atoms with Crippen LogP contribution < -0.4 is 0 Å². The molecule has 102 valence electrons. The third-order valence-electron chi connectivity index (χ3n) is 4.16. The summed E-state index contributed by atoms with van der Waals surface area (Å²) in [5.74, 6) is 0.308. The molecule has 0 amide bonds. The van der Waals surface area contributed by atoms with E-state index >= 15 is 0 Å². The number of carbonyl (C=O) groups is 1. The molecule has 0 aliphatic carbocycles. The predicted molar refractivity (Wildman–Crippen MR) is 79.1 cm³/mol. The SMILES string of the molecule is C=CN1Cc2cc(CC)c(C)cc2CC1C(=O)CC. The van der Waals surface area contributed by atoms with Gasteiger partial charge in [-0.3, -0.25) is 4.79 Å². The lowest BCUT2D eigenvalue weighted by Crippen LogP contribution is -2.42. The van der Waals surface area contributed by atoms with Crippen molar-refractivity contribution in [2.24, 2.45) is 0 Å². The Labute approximate surface area is 116 Å². The molecule has 1 aliphatic rings. The van der Waals surface area contributed by atoms with Gasteiger partial charge in [0.1, 0.15) is 0 Å². The van der Waals surface area contributed by atoms with E-state index in [1.54, 1.807) is 0 Å². The highest BCUT2D eigenvalue weighted by Crippen LogP contribution is 2.27. The zero-order valence-electron chi connectivity index (χ0n) is 12.2. The van der Waals surface area contributed by atoms with Gasteiger partial charge in [-0.2, -0.15) is 0 Å². The maximum Gasteiger partial charge on any atom is 0.155 e. The second-order valence-corrected chi connectivity index (χ2v) is 5.30. The molecule has 0 spiro atoms. The average molecular weight is 257 g/mol. The summed E-state index contributed by atoms with van der Waals surface area (Å²) in [7, 11) is 0. The first-order valence-corrected chi connectivity index (χ1v) is 7.13. The summed E-state index contributed by atoms with van der Waals surface area (Å²) in [4.78, 5) is 14.2. The van der Waals surface area contributed by atoms with Gasteiger partial charge in [-0.25, -0.2) is 0 Å². The zero-order chi connectivity index (χ0) is 14.0. The molecule has 1 aromatic rings. The van der Waals surface area contributed by atoms with Crippen molar-refractivity contribution >= 4 is 5.78 Å². The molecule has 0 saturated heterocycles. The third kappa shape index (κ3) is 2.58. The number of hydrogen-bond donors (Lipinski definition) is 0. The molecule has 1 unspecified atom stereocenters. The summed E-state index contributed by atoms with van der Waals surface area (Å²) in [6, 6.07) is 4.54. The molecule has 0 N–H and O–H groups in total. The van der Waals surface area contributed by atoms with Gasteiger partial charge in [-0.05, 0) is 41.8 Å². The molecule has 19 heavy (non-hydrogen) atoms. The summed E-state index contributed by atoms with van der Waals surface area (Å²) in [5.41, 5.74) is 5.43. The Morgan fingerprint density at radius 2 is 2.16 bits per heavy atom. The molecule has 1 atom stereocenters. The number of hydrogen-bond acceptors (Lipinski definition) is 2. The van der Waals surface area contributed by atoms with Gasteiger partial charge in [0.15, 0.2) is 5.78 Å². The van der Waals surface area contributed by atoms with Gasteiger partial charge in [0.25, 0.3) is 0 Å². The van der Waals surface area contributed by atoms with Gasteiger partial charge in [-0.15, -0.1) is 0 Å². The first kappa shape index (κ1) is 13.9. The molecule has 0 bridgehead atoms. The van der Waals surface area contributed by atoms with Gasteiger partial charge in [-0.1, -0.05) is 32.6 Å². The van der Waals surface area contributed by atoms with Crippen LogP contribution in [-0.4, -0.2) is 16.7 Å². The van der Waals surface area contributed by atoms with E-state index in [1.165, 1.54) is 22.3 Å². The summed E-state index contributed by atoms with van der Waals surface area (Å²) < 4.78 is 0. The number of fused-ring (bicyclic) bond motifs is 1. The van der Waals surface area contributed by atoms with Crippen molar-refractivity contribution in [3.63, 3.8) is 0 Å². The lowest BCUT2D eigenvalue weighted by molar-refractivity contribution is -0.123. The highest BCUT2D eigenvalue weighted by atomic mass is 16.1. The smallest absolute Gasteiger partial charge is 0.155 e. The number of nitrogens with zero attached hydrogens (tertiary/aromatic N) is 1. The molecule has 1 heterocycles. The van der Waals surface area contributed by atoms with Crippen LogP contribution in [0.1, 0.15) is 42.5 Å². The topological polar surface area (TPSA) is 20.3 Å². The van der Waals surface area contributed by atoms with Crippen LogP contribution in [0.4, 0.5) is 0 Å². The standard InChI is InChI=1S/C17H23NO/c1-5-13-9-15-11-18(7-3)16(17(19)6-2)10-14(15)8-12(13)4/h7-9,16H,3,5-6,10-11H2,1-2,4H3. The largest absolute Gasteiger partial charge is 0.363 e. The predicted octanol–water partition coefficient (Wildman–Crippen LogP) is 3.41. The van der Waals surface area contributed by atoms with E-state index in [-0.39, 0.29) is 6.04 Å². The Hall–Kier alpha value is -1.57. The summed E-state index contributed by atoms with van der Waals surface area (Å²) >= 11 is 0. The fourth-order valence-electron chi connectivity index (χ4n) is 2.94. The molecule has 0 aromatic heterocycles. The van der Waals surface area contributed by atoms with Gasteiger partial charge in [0, 0.05) is 19.4 Å². The highest BCUT2D eigenvalue weighted by Gasteiger charge is 2.28. The number of Topliss-reactive ketones (excluding diaryl/α,β-unsaturated/α-hetero) is 1. The van der Waals surface area contributed by atoms with Gasteiger partial charge < -0.3 is 4.90 Å². The van der Waals surface area contributed by atoms with Crippen molar-refractivity contribution in [2.75, 3.05) is 0 Å². The summed E-state index contributed by atoms with van der Waals surface area (Å²) in [6.07, 6.45) is 4.28. The number of ketones is 1. The molecule has 1 aliphatic heterocycles. The van der Waals surface area contributed by atoms with E-state index in [1.807, 2.05) is 13.1 Å².